The van der Waals surface area contributed by atoms with Crippen LogP contribution in [-0.2, 0) is 0 Å². The minimum absolute atomic E-state index is 0.298. The standard InChI is InChI=1S/C15H13FN4/c1-10-14(11-5-4-6-12(16)9-11)19-20(15(10)17)13-7-2-3-8-18-13/h2-9H,17H2,1H3. The Balaban J connectivity index is 2.16. The van der Waals surface area contributed by atoms with Gasteiger partial charge in [-0.05, 0) is 31.2 Å². The first-order valence-corrected chi connectivity index (χ1v) is 6.19. The molecule has 3 aromatic rings. The lowest BCUT2D eigenvalue weighted by molar-refractivity contribution is 0.628. The highest BCUT2D eigenvalue weighted by Gasteiger charge is 2.15. The SMILES string of the molecule is Cc1c(-c2cccc(F)c2)nn(-c2ccccn2)c1N. The number of benzene rings is 1. The van der Waals surface area contributed by atoms with E-state index in [0.29, 0.717) is 22.9 Å². The van der Waals surface area contributed by atoms with Gasteiger partial charge in [0.1, 0.15) is 11.6 Å². The Bertz CT molecular complexity index is 750. The van der Waals surface area contributed by atoms with E-state index in [1.807, 2.05) is 25.1 Å². The summed E-state index contributed by atoms with van der Waals surface area (Å²) in [6.07, 6.45) is 1.67. The van der Waals surface area contributed by atoms with Crippen LogP contribution in [0, 0.1) is 12.7 Å². The minimum Gasteiger partial charge on any atom is -0.383 e. The molecule has 100 valence electrons. The Morgan fingerprint density at radius 3 is 2.70 bits per heavy atom. The third kappa shape index (κ3) is 2.03. The molecule has 3 rings (SSSR count). The number of anilines is 1. The van der Waals surface area contributed by atoms with Gasteiger partial charge in [0.25, 0.3) is 0 Å². The Morgan fingerprint density at radius 2 is 2.00 bits per heavy atom. The number of rotatable bonds is 2. The molecule has 1 aromatic carbocycles. The molecule has 0 bridgehead atoms. The zero-order valence-electron chi connectivity index (χ0n) is 10.9. The van der Waals surface area contributed by atoms with E-state index < -0.39 is 0 Å². The lowest BCUT2D eigenvalue weighted by atomic mass is 10.1. The summed E-state index contributed by atoms with van der Waals surface area (Å²) >= 11 is 0. The molecule has 0 radical (unpaired) electrons. The molecule has 0 saturated carbocycles. The third-order valence-electron chi connectivity index (χ3n) is 3.13. The van der Waals surface area contributed by atoms with Crippen molar-refractivity contribution in [3.8, 4) is 17.1 Å². The molecule has 2 aromatic heterocycles. The molecule has 0 aliphatic rings. The summed E-state index contributed by atoms with van der Waals surface area (Å²) in [6, 6.07) is 11.8. The number of nitrogens with two attached hydrogens (primary N) is 1. The monoisotopic (exact) mass is 268 g/mol. The van der Waals surface area contributed by atoms with E-state index in [4.69, 9.17) is 5.73 Å². The Labute approximate surface area is 115 Å². The Hall–Kier alpha value is -2.69. The normalized spacial score (nSPS) is 10.7. The molecule has 0 amide bonds. The van der Waals surface area contributed by atoms with Crippen LogP contribution in [-0.4, -0.2) is 14.8 Å². The Kier molecular flexibility index (Phi) is 2.95. The average molecular weight is 268 g/mol. The van der Waals surface area contributed by atoms with Gasteiger partial charge in [0.15, 0.2) is 5.82 Å². The van der Waals surface area contributed by atoms with Gasteiger partial charge in [-0.3, -0.25) is 0 Å². The van der Waals surface area contributed by atoms with Crippen LogP contribution in [0.3, 0.4) is 0 Å². The fourth-order valence-corrected chi connectivity index (χ4v) is 2.07. The van der Waals surface area contributed by atoms with Gasteiger partial charge in [-0.1, -0.05) is 18.2 Å². The second kappa shape index (κ2) is 4.77. The second-order valence-electron chi connectivity index (χ2n) is 4.47. The van der Waals surface area contributed by atoms with Crippen molar-refractivity contribution in [3.05, 3.63) is 60.0 Å². The number of hydrogen-bond acceptors (Lipinski definition) is 3. The zero-order chi connectivity index (χ0) is 14.1. The predicted molar refractivity (Wildman–Crippen MR) is 75.9 cm³/mol. The van der Waals surface area contributed by atoms with Gasteiger partial charge in [0.2, 0.25) is 0 Å². The first kappa shape index (κ1) is 12.3. The van der Waals surface area contributed by atoms with Crippen LogP contribution in [0.1, 0.15) is 5.56 Å². The maximum absolute atomic E-state index is 13.3. The second-order valence-corrected chi connectivity index (χ2v) is 4.47. The van der Waals surface area contributed by atoms with Gasteiger partial charge in [-0.25, -0.2) is 9.37 Å². The summed E-state index contributed by atoms with van der Waals surface area (Å²) in [5, 5.41) is 4.45. The van der Waals surface area contributed by atoms with Crippen molar-refractivity contribution in [1.82, 2.24) is 14.8 Å². The van der Waals surface area contributed by atoms with Crippen molar-refractivity contribution in [2.45, 2.75) is 6.92 Å². The predicted octanol–water partition coefficient (Wildman–Crippen LogP) is 2.96. The van der Waals surface area contributed by atoms with Crippen LogP contribution in [0.2, 0.25) is 0 Å². The lowest BCUT2D eigenvalue weighted by Gasteiger charge is -2.01. The number of pyridine rings is 1. The van der Waals surface area contributed by atoms with Gasteiger partial charge in [0.05, 0.1) is 5.69 Å². The molecular formula is C15H13FN4. The quantitative estimate of drug-likeness (QED) is 0.777. The van der Waals surface area contributed by atoms with E-state index in [2.05, 4.69) is 10.1 Å². The first-order valence-electron chi connectivity index (χ1n) is 6.19. The molecule has 4 nitrogen and oxygen atoms in total. The fourth-order valence-electron chi connectivity index (χ4n) is 2.07. The van der Waals surface area contributed by atoms with Crippen molar-refractivity contribution in [1.29, 1.82) is 0 Å². The average Bonchev–Trinajstić information content (AvgIpc) is 2.76. The van der Waals surface area contributed by atoms with E-state index in [-0.39, 0.29) is 5.82 Å². The first-order chi connectivity index (χ1) is 9.66. The summed E-state index contributed by atoms with van der Waals surface area (Å²) in [5.41, 5.74) is 8.24. The highest BCUT2D eigenvalue weighted by atomic mass is 19.1. The molecule has 2 heterocycles. The maximum atomic E-state index is 13.3. The van der Waals surface area contributed by atoms with Gasteiger partial charge in [-0.2, -0.15) is 9.78 Å². The van der Waals surface area contributed by atoms with Gasteiger partial charge in [0, 0.05) is 17.3 Å². The molecule has 2 N–H and O–H groups in total. The molecule has 20 heavy (non-hydrogen) atoms. The van der Waals surface area contributed by atoms with Crippen molar-refractivity contribution in [2.24, 2.45) is 0 Å². The largest absolute Gasteiger partial charge is 0.383 e. The van der Waals surface area contributed by atoms with Crippen molar-refractivity contribution >= 4 is 5.82 Å². The van der Waals surface area contributed by atoms with E-state index in [9.17, 15) is 4.39 Å². The van der Waals surface area contributed by atoms with E-state index in [1.54, 1.807) is 23.0 Å². The van der Waals surface area contributed by atoms with Crippen LogP contribution < -0.4 is 5.73 Å². The molecule has 0 aliphatic heterocycles. The van der Waals surface area contributed by atoms with Crippen LogP contribution in [0.5, 0.6) is 0 Å². The van der Waals surface area contributed by atoms with Crippen LogP contribution in [0.25, 0.3) is 17.1 Å². The Morgan fingerprint density at radius 1 is 1.15 bits per heavy atom. The molecular weight excluding hydrogens is 255 g/mol. The van der Waals surface area contributed by atoms with Crippen LogP contribution >= 0.6 is 0 Å². The summed E-state index contributed by atoms with van der Waals surface area (Å²) in [4.78, 5) is 4.22. The van der Waals surface area contributed by atoms with Gasteiger partial charge >= 0.3 is 0 Å². The summed E-state index contributed by atoms with van der Waals surface area (Å²) in [5.74, 6) is 0.839. The van der Waals surface area contributed by atoms with Crippen LogP contribution in [0.15, 0.2) is 48.7 Å². The maximum Gasteiger partial charge on any atom is 0.155 e. The summed E-state index contributed by atoms with van der Waals surface area (Å²) in [6.45, 7) is 1.86. The highest BCUT2D eigenvalue weighted by Crippen LogP contribution is 2.28. The highest BCUT2D eigenvalue weighted by molar-refractivity contribution is 5.68. The zero-order valence-corrected chi connectivity index (χ0v) is 10.9. The van der Waals surface area contributed by atoms with Crippen molar-refractivity contribution in [3.63, 3.8) is 0 Å². The summed E-state index contributed by atoms with van der Waals surface area (Å²) < 4.78 is 14.9. The molecule has 0 spiro atoms. The van der Waals surface area contributed by atoms with E-state index in [0.717, 1.165) is 5.56 Å². The number of nitrogen functional groups attached to an aromatic ring is 1. The topological polar surface area (TPSA) is 56.7 Å². The lowest BCUT2D eigenvalue weighted by Crippen LogP contribution is -2.03. The van der Waals surface area contributed by atoms with Crippen LogP contribution in [0.4, 0.5) is 10.2 Å². The number of halogens is 1. The molecule has 5 heteroatoms. The molecule has 0 saturated heterocycles. The van der Waals surface area contributed by atoms with Crippen molar-refractivity contribution < 1.29 is 4.39 Å². The molecule has 0 atom stereocenters. The van der Waals surface area contributed by atoms with Gasteiger partial charge in [-0.15, -0.1) is 0 Å². The number of aromatic nitrogens is 3. The fraction of sp³-hybridized carbons (Fsp3) is 0.0667. The molecule has 0 unspecified atom stereocenters. The minimum atomic E-state index is -0.298. The third-order valence-corrected chi connectivity index (χ3v) is 3.13. The van der Waals surface area contributed by atoms with E-state index >= 15 is 0 Å². The number of hydrogen-bond donors (Lipinski definition) is 1. The smallest absolute Gasteiger partial charge is 0.155 e. The molecule has 0 aliphatic carbocycles. The van der Waals surface area contributed by atoms with Crippen molar-refractivity contribution in [2.75, 3.05) is 5.73 Å². The molecule has 0 fully saturated rings. The number of nitrogens with zero attached hydrogens (tertiary/aromatic N) is 3. The summed E-state index contributed by atoms with van der Waals surface area (Å²) in [7, 11) is 0. The van der Waals surface area contributed by atoms with Gasteiger partial charge < -0.3 is 5.73 Å². The van der Waals surface area contributed by atoms with E-state index in [1.165, 1.54) is 12.1 Å².